The van der Waals surface area contributed by atoms with E-state index in [4.69, 9.17) is 10.5 Å². The maximum Gasteiger partial charge on any atom is 0.260 e. The Kier molecular flexibility index (Phi) is 6.66. The number of ether oxygens (including phenoxy) is 1. The highest BCUT2D eigenvalue weighted by atomic mass is 16.5. The summed E-state index contributed by atoms with van der Waals surface area (Å²) < 4.78 is 5.61. The SMILES string of the molecule is CC(C(=O)Nc1cccc(OCC(=O)N2CCCC2)c1)C(N)c1ccccc1. The summed E-state index contributed by atoms with van der Waals surface area (Å²) in [5, 5.41) is 2.88. The van der Waals surface area contributed by atoms with E-state index in [-0.39, 0.29) is 18.4 Å². The molecule has 2 unspecified atom stereocenters. The molecule has 0 aliphatic carbocycles. The van der Waals surface area contributed by atoms with Gasteiger partial charge in [-0.15, -0.1) is 0 Å². The second-order valence-corrected chi connectivity index (χ2v) is 7.12. The van der Waals surface area contributed by atoms with Crippen molar-refractivity contribution in [2.24, 2.45) is 11.7 Å². The summed E-state index contributed by atoms with van der Waals surface area (Å²) in [4.78, 5) is 26.5. The van der Waals surface area contributed by atoms with Gasteiger partial charge < -0.3 is 20.7 Å². The van der Waals surface area contributed by atoms with Crippen molar-refractivity contribution in [2.75, 3.05) is 25.0 Å². The van der Waals surface area contributed by atoms with Crippen LogP contribution in [0.5, 0.6) is 5.75 Å². The lowest BCUT2D eigenvalue weighted by atomic mass is 9.94. The fourth-order valence-electron chi connectivity index (χ4n) is 3.25. The summed E-state index contributed by atoms with van der Waals surface area (Å²) in [5.74, 6) is -0.0230. The molecule has 6 heteroatoms. The number of benzene rings is 2. The Hall–Kier alpha value is -2.86. The lowest BCUT2D eigenvalue weighted by Gasteiger charge is -2.20. The summed E-state index contributed by atoms with van der Waals surface area (Å²) in [5.41, 5.74) is 7.77. The first-order valence-electron chi connectivity index (χ1n) is 9.66. The fraction of sp³-hybridized carbons (Fsp3) is 0.364. The molecule has 2 aromatic rings. The number of anilines is 1. The smallest absolute Gasteiger partial charge is 0.260 e. The zero-order valence-corrected chi connectivity index (χ0v) is 16.1. The van der Waals surface area contributed by atoms with Crippen LogP contribution >= 0.6 is 0 Å². The molecule has 0 bridgehead atoms. The maximum absolute atomic E-state index is 12.6. The average Bonchev–Trinajstić information content (AvgIpc) is 3.27. The van der Waals surface area contributed by atoms with Crippen LogP contribution in [0.1, 0.15) is 31.4 Å². The number of nitrogens with two attached hydrogens (primary N) is 1. The molecule has 1 fully saturated rings. The Morgan fingerprint density at radius 3 is 2.54 bits per heavy atom. The van der Waals surface area contributed by atoms with Gasteiger partial charge in [0.25, 0.3) is 5.91 Å². The van der Waals surface area contributed by atoms with Crippen LogP contribution in [-0.2, 0) is 9.59 Å². The molecular formula is C22H27N3O3. The molecule has 0 spiro atoms. The van der Waals surface area contributed by atoms with Gasteiger partial charge in [-0.25, -0.2) is 0 Å². The monoisotopic (exact) mass is 381 g/mol. The highest BCUT2D eigenvalue weighted by Crippen LogP contribution is 2.22. The predicted molar refractivity (Wildman–Crippen MR) is 109 cm³/mol. The van der Waals surface area contributed by atoms with E-state index < -0.39 is 12.0 Å². The fourth-order valence-corrected chi connectivity index (χ4v) is 3.25. The van der Waals surface area contributed by atoms with Crippen molar-refractivity contribution in [1.82, 2.24) is 4.90 Å². The summed E-state index contributed by atoms with van der Waals surface area (Å²) in [6.07, 6.45) is 2.10. The number of likely N-dealkylation sites (tertiary alicyclic amines) is 1. The summed E-state index contributed by atoms with van der Waals surface area (Å²) >= 11 is 0. The standard InChI is InChI=1S/C22H27N3O3/c1-16(21(23)17-8-3-2-4-9-17)22(27)24-18-10-7-11-19(14-18)28-15-20(26)25-12-5-6-13-25/h2-4,7-11,14,16,21H,5-6,12-13,15,23H2,1H3,(H,24,27). The van der Waals surface area contributed by atoms with Gasteiger partial charge in [0, 0.05) is 30.9 Å². The molecule has 3 rings (SSSR count). The van der Waals surface area contributed by atoms with Crippen LogP contribution in [0.25, 0.3) is 0 Å². The first-order chi connectivity index (χ1) is 13.5. The molecule has 1 aliphatic rings. The van der Waals surface area contributed by atoms with Gasteiger partial charge in [-0.2, -0.15) is 0 Å². The van der Waals surface area contributed by atoms with Gasteiger partial charge in [-0.05, 0) is 30.5 Å². The quantitative estimate of drug-likeness (QED) is 0.772. The Morgan fingerprint density at radius 1 is 1.11 bits per heavy atom. The Balaban J connectivity index is 1.56. The lowest BCUT2D eigenvalue weighted by Crippen LogP contribution is -2.32. The minimum absolute atomic E-state index is 0.00519. The van der Waals surface area contributed by atoms with Gasteiger partial charge in [-0.3, -0.25) is 9.59 Å². The van der Waals surface area contributed by atoms with Crippen molar-refractivity contribution in [3.8, 4) is 5.75 Å². The molecule has 1 heterocycles. The van der Waals surface area contributed by atoms with Crippen molar-refractivity contribution >= 4 is 17.5 Å². The number of rotatable bonds is 7. The van der Waals surface area contributed by atoms with Crippen molar-refractivity contribution in [1.29, 1.82) is 0 Å². The Bertz CT molecular complexity index is 804. The average molecular weight is 381 g/mol. The number of nitrogens with zero attached hydrogens (tertiary/aromatic N) is 1. The third kappa shape index (κ3) is 5.10. The van der Waals surface area contributed by atoms with Crippen molar-refractivity contribution < 1.29 is 14.3 Å². The van der Waals surface area contributed by atoms with Gasteiger partial charge in [0.1, 0.15) is 5.75 Å². The van der Waals surface area contributed by atoms with Gasteiger partial charge >= 0.3 is 0 Å². The predicted octanol–water partition coefficient (Wildman–Crippen LogP) is 2.96. The van der Waals surface area contributed by atoms with Crippen LogP contribution in [0, 0.1) is 5.92 Å². The molecule has 0 aromatic heterocycles. The van der Waals surface area contributed by atoms with Gasteiger partial charge in [0.05, 0.1) is 5.92 Å². The third-order valence-electron chi connectivity index (χ3n) is 5.06. The number of hydrogen-bond acceptors (Lipinski definition) is 4. The van der Waals surface area contributed by atoms with E-state index in [0.29, 0.717) is 11.4 Å². The van der Waals surface area contributed by atoms with Crippen LogP contribution in [0.3, 0.4) is 0 Å². The minimum Gasteiger partial charge on any atom is -0.484 e. The van der Waals surface area contributed by atoms with E-state index in [0.717, 1.165) is 31.5 Å². The second kappa shape index (κ2) is 9.37. The zero-order valence-electron chi connectivity index (χ0n) is 16.1. The molecule has 0 radical (unpaired) electrons. The molecule has 0 saturated carbocycles. The summed E-state index contributed by atoms with van der Waals surface area (Å²) in [6.45, 7) is 3.42. The first kappa shape index (κ1) is 19.9. The number of carbonyl (C=O) groups excluding carboxylic acids is 2. The van der Waals surface area contributed by atoms with E-state index in [1.54, 1.807) is 24.3 Å². The van der Waals surface area contributed by atoms with E-state index in [2.05, 4.69) is 5.32 Å². The van der Waals surface area contributed by atoms with Crippen molar-refractivity contribution in [2.45, 2.75) is 25.8 Å². The molecule has 1 aliphatic heterocycles. The highest BCUT2D eigenvalue weighted by Gasteiger charge is 2.22. The Morgan fingerprint density at radius 2 is 1.82 bits per heavy atom. The molecule has 6 nitrogen and oxygen atoms in total. The van der Waals surface area contributed by atoms with E-state index in [1.165, 1.54) is 0 Å². The number of amides is 2. The zero-order chi connectivity index (χ0) is 19.9. The van der Waals surface area contributed by atoms with Crippen molar-refractivity contribution in [3.05, 3.63) is 60.2 Å². The van der Waals surface area contributed by atoms with E-state index in [1.807, 2.05) is 42.2 Å². The normalized spacial score (nSPS) is 15.7. The first-order valence-corrected chi connectivity index (χ1v) is 9.66. The topological polar surface area (TPSA) is 84.7 Å². The number of hydrogen-bond donors (Lipinski definition) is 2. The van der Waals surface area contributed by atoms with Gasteiger partial charge in [0.2, 0.25) is 5.91 Å². The number of carbonyl (C=O) groups is 2. The van der Waals surface area contributed by atoms with E-state index >= 15 is 0 Å². The van der Waals surface area contributed by atoms with Crippen LogP contribution in [0.2, 0.25) is 0 Å². The molecule has 3 N–H and O–H groups in total. The van der Waals surface area contributed by atoms with Gasteiger partial charge in [0.15, 0.2) is 6.61 Å². The molecule has 2 amide bonds. The highest BCUT2D eigenvalue weighted by molar-refractivity contribution is 5.93. The maximum atomic E-state index is 12.6. The van der Waals surface area contributed by atoms with E-state index in [9.17, 15) is 9.59 Å². The minimum atomic E-state index is -0.399. The van der Waals surface area contributed by atoms with Gasteiger partial charge in [-0.1, -0.05) is 43.3 Å². The molecule has 28 heavy (non-hydrogen) atoms. The third-order valence-corrected chi connectivity index (χ3v) is 5.06. The number of nitrogens with one attached hydrogen (secondary N) is 1. The summed E-state index contributed by atoms with van der Waals surface area (Å²) in [7, 11) is 0. The second-order valence-electron chi connectivity index (χ2n) is 7.12. The van der Waals surface area contributed by atoms with Crippen LogP contribution in [0.15, 0.2) is 54.6 Å². The lowest BCUT2D eigenvalue weighted by molar-refractivity contribution is -0.132. The van der Waals surface area contributed by atoms with Crippen molar-refractivity contribution in [3.63, 3.8) is 0 Å². The van der Waals surface area contributed by atoms with Crippen LogP contribution < -0.4 is 15.8 Å². The van der Waals surface area contributed by atoms with Crippen LogP contribution in [-0.4, -0.2) is 36.4 Å². The molecule has 2 atom stereocenters. The molecule has 1 saturated heterocycles. The molecular weight excluding hydrogens is 354 g/mol. The molecule has 148 valence electrons. The van der Waals surface area contributed by atoms with Crippen LogP contribution in [0.4, 0.5) is 5.69 Å². The Labute approximate surface area is 165 Å². The summed E-state index contributed by atoms with van der Waals surface area (Å²) in [6, 6.07) is 16.2. The largest absolute Gasteiger partial charge is 0.484 e. The molecule has 2 aromatic carbocycles.